The lowest BCUT2D eigenvalue weighted by molar-refractivity contribution is -0.664. The fourth-order valence-corrected chi connectivity index (χ4v) is 2.51. The van der Waals surface area contributed by atoms with Crippen molar-refractivity contribution in [3.63, 3.8) is 0 Å². The van der Waals surface area contributed by atoms with Gasteiger partial charge in [0.15, 0.2) is 6.54 Å². The van der Waals surface area contributed by atoms with Crippen LogP contribution in [0, 0.1) is 0 Å². The minimum absolute atomic E-state index is 0.0895. The molecule has 0 atom stereocenters. The molecule has 2 nitrogen and oxygen atoms in total. The van der Waals surface area contributed by atoms with Crippen LogP contribution < -0.4 is 4.57 Å². The van der Waals surface area contributed by atoms with E-state index in [0.717, 1.165) is 16.6 Å². The summed E-state index contributed by atoms with van der Waals surface area (Å²) in [5.74, 6) is 0.0895. The minimum atomic E-state index is 0.0895. The summed E-state index contributed by atoms with van der Waals surface area (Å²) >= 11 is 0. The van der Waals surface area contributed by atoms with E-state index in [4.69, 9.17) is 0 Å². The number of pyridine rings is 1. The molecule has 0 spiro atoms. The van der Waals surface area contributed by atoms with Gasteiger partial charge in [0.2, 0.25) is 17.0 Å². The van der Waals surface area contributed by atoms with Crippen LogP contribution in [-0.4, -0.2) is 5.78 Å². The van der Waals surface area contributed by atoms with Gasteiger partial charge >= 0.3 is 0 Å². The van der Waals surface area contributed by atoms with Crippen LogP contribution in [0.5, 0.6) is 0 Å². The van der Waals surface area contributed by atoms with Gasteiger partial charge in [0, 0.05) is 30.0 Å². The minimum Gasteiger partial charge on any atom is -0.288 e. The molecule has 0 N–H and O–H groups in total. The lowest BCUT2D eigenvalue weighted by atomic mass is 10.1. The summed E-state index contributed by atoms with van der Waals surface area (Å²) in [5, 5.41) is 1.15. The van der Waals surface area contributed by atoms with Gasteiger partial charge < -0.3 is 0 Å². The van der Waals surface area contributed by atoms with E-state index < -0.39 is 0 Å². The number of benzene rings is 2. The molecule has 0 unspecified atom stereocenters. The number of ketones is 1. The van der Waals surface area contributed by atoms with Gasteiger partial charge in [-0.25, -0.2) is 0 Å². The second-order valence-electron chi connectivity index (χ2n) is 4.91. The summed E-state index contributed by atoms with van der Waals surface area (Å²) in [6, 6.07) is 22.3. The van der Waals surface area contributed by atoms with Crippen molar-refractivity contribution >= 4 is 16.7 Å². The fraction of sp³-hybridized carbons (Fsp3) is 0.111. The normalized spacial score (nSPS) is 10.7. The van der Waals surface area contributed by atoms with Crippen molar-refractivity contribution in [2.75, 3.05) is 0 Å². The average molecular weight is 262 g/mol. The molecule has 20 heavy (non-hydrogen) atoms. The molecule has 0 aliphatic heterocycles. The third kappa shape index (κ3) is 2.32. The lowest BCUT2D eigenvalue weighted by Crippen LogP contribution is -2.41. The molecular formula is C18H16NO+. The van der Waals surface area contributed by atoms with Crippen LogP contribution in [0.1, 0.15) is 23.0 Å². The Labute approximate surface area is 118 Å². The highest BCUT2D eigenvalue weighted by atomic mass is 16.1. The largest absolute Gasteiger partial charge is 0.288 e. The van der Waals surface area contributed by atoms with Crippen LogP contribution in [0.25, 0.3) is 10.9 Å². The maximum absolute atomic E-state index is 11.9. The molecule has 0 fully saturated rings. The zero-order valence-electron chi connectivity index (χ0n) is 11.4. The van der Waals surface area contributed by atoms with Crippen LogP contribution in [0.3, 0.4) is 0 Å². The topological polar surface area (TPSA) is 20.9 Å². The molecule has 0 bridgehead atoms. The fourth-order valence-electron chi connectivity index (χ4n) is 2.51. The zero-order chi connectivity index (χ0) is 13.9. The number of para-hydroxylation sites is 1. The molecule has 0 aliphatic carbocycles. The number of carbonyl (C=O) groups excluding carboxylic acids is 1. The Balaban J connectivity index is 2.20. The Morgan fingerprint density at radius 2 is 1.60 bits per heavy atom. The van der Waals surface area contributed by atoms with Crippen molar-refractivity contribution in [2.45, 2.75) is 13.5 Å². The van der Waals surface area contributed by atoms with Gasteiger partial charge in [-0.3, -0.25) is 4.79 Å². The van der Waals surface area contributed by atoms with Gasteiger partial charge in [-0.05, 0) is 12.1 Å². The maximum Gasteiger partial charge on any atom is 0.249 e. The van der Waals surface area contributed by atoms with Gasteiger partial charge in [0.25, 0.3) is 0 Å². The SMILES string of the molecule is CC(=O)c1ccc2ccccc2[n+]1Cc1ccccc1. The third-order valence-corrected chi connectivity index (χ3v) is 3.48. The standard InChI is InChI=1S/C18H16NO/c1-14(20)17-12-11-16-9-5-6-10-18(16)19(17)13-15-7-3-2-4-8-15/h2-12H,13H2,1H3/q+1. The summed E-state index contributed by atoms with van der Waals surface area (Å²) in [4.78, 5) is 11.9. The summed E-state index contributed by atoms with van der Waals surface area (Å²) in [7, 11) is 0. The molecule has 0 amide bonds. The van der Waals surface area contributed by atoms with Crippen LogP contribution in [0.4, 0.5) is 0 Å². The molecule has 3 rings (SSSR count). The molecule has 0 radical (unpaired) electrons. The first-order valence-electron chi connectivity index (χ1n) is 6.72. The van der Waals surface area contributed by atoms with E-state index in [1.165, 1.54) is 5.56 Å². The Hall–Kier alpha value is -2.48. The van der Waals surface area contributed by atoms with Crippen molar-refractivity contribution in [2.24, 2.45) is 0 Å². The number of Topliss-reactive ketones (excluding diaryl/α,β-unsaturated/α-hetero) is 1. The number of fused-ring (bicyclic) bond motifs is 1. The lowest BCUT2D eigenvalue weighted by Gasteiger charge is -2.05. The Kier molecular flexibility index (Phi) is 3.30. The van der Waals surface area contributed by atoms with E-state index in [1.807, 2.05) is 42.5 Å². The Morgan fingerprint density at radius 1 is 0.900 bits per heavy atom. The molecule has 1 aromatic heterocycles. The maximum atomic E-state index is 11.9. The van der Waals surface area contributed by atoms with E-state index in [2.05, 4.69) is 28.8 Å². The Bertz CT molecular complexity index is 763. The third-order valence-electron chi connectivity index (χ3n) is 3.48. The quantitative estimate of drug-likeness (QED) is 0.523. The summed E-state index contributed by atoms with van der Waals surface area (Å²) < 4.78 is 2.09. The van der Waals surface area contributed by atoms with Crippen molar-refractivity contribution in [1.29, 1.82) is 0 Å². The first-order valence-corrected chi connectivity index (χ1v) is 6.72. The van der Waals surface area contributed by atoms with Crippen molar-refractivity contribution in [3.8, 4) is 0 Å². The molecule has 2 heteroatoms. The number of nitrogens with zero attached hydrogens (tertiary/aromatic N) is 1. The molecule has 1 heterocycles. The molecular weight excluding hydrogens is 246 g/mol. The van der Waals surface area contributed by atoms with Crippen LogP contribution in [0.15, 0.2) is 66.7 Å². The van der Waals surface area contributed by atoms with Crippen molar-refractivity contribution in [1.82, 2.24) is 0 Å². The predicted molar refractivity (Wildman–Crippen MR) is 79.7 cm³/mol. The van der Waals surface area contributed by atoms with Gasteiger partial charge in [-0.15, -0.1) is 0 Å². The van der Waals surface area contributed by atoms with E-state index in [1.54, 1.807) is 6.92 Å². The van der Waals surface area contributed by atoms with E-state index in [0.29, 0.717) is 6.54 Å². The predicted octanol–water partition coefficient (Wildman–Crippen LogP) is 3.38. The number of hydrogen-bond donors (Lipinski definition) is 0. The number of carbonyl (C=O) groups is 1. The smallest absolute Gasteiger partial charge is 0.249 e. The summed E-state index contributed by atoms with van der Waals surface area (Å²) in [6.07, 6.45) is 0. The summed E-state index contributed by atoms with van der Waals surface area (Å²) in [5.41, 5.74) is 3.02. The van der Waals surface area contributed by atoms with Gasteiger partial charge in [-0.1, -0.05) is 42.5 Å². The van der Waals surface area contributed by atoms with Gasteiger partial charge in [0.05, 0.1) is 0 Å². The highest BCUT2D eigenvalue weighted by molar-refractivity contribution is 5.92. The average Bonchev–Trinajstić information content (AvgIpc) is 2.48. The molecule has 0 saturated carbocycles. The molecule has 0 aliphatic rings. The van der Waals surface area contributed by atoms with Crippen LogP contribution in [-0.2, 0) is 6.54 Å². The van der Waals surface area contributed by atoms with E-state index in [9.17, 15) is 4.79 Å². The summed E-state index contributed by atoms with van der Waals surface area (Å²) in [6.45, 7) is 2.32. The van der Waals surface area contributed by atoms with Gasteiger partial charge in [0.1, 0.15) is 0 Å². The highest BCUT2D eigenvalue weighted by Gasteiger charge is 2.19. The first kappa shape index (κ1) is 12.5. The van der Waals surface area contributed by atoms with Crippen molar-refractivity contribution in [3.05, 3.63) is 78.0 Å². The first-order chi connectivity index (χ1) is 9.75. The number of rotatable bonds is 3. The molecule has 2 aromatic carbocycles. The van der Waals surface area contributed by atoms with Crippen molar-refractivity contribution < 1.29 is 9.36 Å². The zero-order valence-corrected chi connectivity index (χ0v) is 11.4. The van der Waals surface area contributed by atoms with E-state index >= 15 is 0 Å². The highest BCUT2D eigenvalue weighted by Crippen LogP contribution is 2.12. The Morgan fingerprint density at radius 3 is 2.35 bits per heavy atom. The second-order valence-corrected chi connectivity index (χ2v) is 4.91. The number of hydrogen-bond acceptors (Lipinski definition) is 1. The van der Waals surface area contributed by atoms with Crippen LogP contribution >= 0.6 is 0 Å². The molecule has 0 saturated heterocycles. The molecule has 98 valence electrons. The monoisotopic (exact) mass is 262 g/mol. The van der Waals surface area contributed by atoms with E-state index in [-0.39, 0.29) is 5.78 Å². The second kappa shape index (κ2) is 5.25. The van der Waals surface area contributed by atoms with Gasteiger partial charge in [-0.2, -0.15) is 4.57 Å². The molecule has 3 aromatic rings. The number of aromatic nitrogens is 1. The van der Waals surface area contributed by atoms with Crippen LogP contribution in [0.2, 0.25) is 0 Å².